The quantitative estimate of drug-likeness (QED) is 0.643. The van der Waals surface area contributed by atoms with Crippen molar-refractivity contribution in [3.05, 3.63) is 65.9 Å². The Bertz CT molecular complexity index is 766. The van der Waals surface area contributed by atoms with Crippen LogP contribution in [0.5, 0.6) is 11.5 Å². The lowest BCUT2D eigenvalue weighted by molar-refractivity contribution is 0.397. The minimum Gasteiger partial charge on any atom is -0.504 e. The van der Waals surface area contributed by atoms with E-state index in [1.807, 2.05) is 30.3 Å². The number of hydrogen-bond donors (Lipinski definition) is 3. The maximum absolute atomic E-state index is 9.76. The number of aromatic nitrogens is 1. The molecule has 4 heteroatoms. The molecule has 4 nitrogen and oxygen atoms in total. The molecule has 3 aromatic rings. The molecule has 0 aliphatic heterocycles. The summed E-state index contributed by atoms with van der Waals surface area (Å²) in [6, 6.07) is 15.0. The molecular formula is C17H16N2O2. The number of benzene rings is 2. The summed E-state index contributed by atoms with van der Waals surface area (Å²) in [5.41, 5.74) is 2.75. The van der Waals surface area contributed by atoms with Crippen LogP contribution in [-0.2, 0) is 13.1 Å². The Labute approximate surface area is 122 Å². The van der Waals surface area contributed by atoms with Crippen LogP contribution in [0, 0.1) is 0 Å². The topological polar surface area (TPSA) is 65.4 Å². The summed E-state index contributed by atoms with van der Waals surface area (Å²) < 4.78 is 0. The van der Waals surface area contributed by atoms with Crippen molar-refractivity contribution in [1.82, 2.24) is 10.3 Å². The van der Waals surface area contributed by atoms with Crippen molar-refractivity contribution in [2.24, 2.45) is 0 Å². The minimum absolute atomic E-state index is 0.0685. The standard InChI is InChI=1S/C17H16N2O2/c20-15-8-2-6-14(17(15)21)11-18-10-13-5-1-4-12-7-3-9-19-16(12)13/h1-9,18,20-21H,10-11H2. The van der Waals surface area contributed by atoms with E-state index in [0.717, 1.165) is 16.5 Å². The van der Waals surface area contributed by atoms with Crippen molar-refractivity contribution in [2.75, 3.05) is 0 Å². The predicted octanol–water partition coefficient (Wildman–Crippen LogP) is 2.94. The second-order valence-corrected chi connectivity index (χ2v) is 4.88. The highest BCUT2D eigenvalue weighted by Gasteiger charge is 2.06. The molecule has 0 atom stereocenters. The van der Waals surface area contributed by atoms with E-state index in [0.29, 0.717) is 18.7 Å². The molecule has 0 amide bonds. The van der Waals surface area contributed by atoms with Crippen LogP contribution in [-0.4, -0.2) is 15.2 Å². The smallest absolute Gasteiger partial charge is 0.161 e. The summed E-state index contributed by atoms with van der Waals surface area (Å²) in [6.45, 7) is 1.12. The Morgan fingerprint density at radius 2 is 1.57 bits per heavy atom. The number of rotatable bonds is 4. The molecular weight excluding hydrogens is 264 g/mol. The Balaban J connectivity index is 1.74. The van der Waals surface area contributed by atoms with E-state index in [-0.39, 0.29) is 11.5 Å². The number of phenols is 2. The van der Waals surface area contributed by atoms with Crippen molar-refractivity contribution in [3.63, 3.8) is 0 Å². The number of phenolic OH excluding ortho intramolecular Hbond substituents is 2. The molecule has 0 unspecified atom stereocenters. The molecule has 0 aliphatic rings. The maximum atomic E-state index is 9.76. The molecule has 3 N–H and O–H groups in total. The van der Waals surface area contributed by atoms with Crippen LogP contribution in [0.4, 0.5) is 0 Å². The maximum Gasteiger partial charge on any atom is 0.161 e. The molecule has 106 valence electrons. The Hall–Kier alpha value is -2.59. The van der Waals surface area contributed by atoms with Gasteiger partial charge in [-0.25, -0.2) is 0 Å². The lowest BCUT2D eigenvalue weighted by Crippen LogP contribution is -2.13. The van der Waals surface area contributed by atoms with Gasteiger partial charge in [-0.2, -0.15) is 0 Å². The van der Waals surface area contributed by atoms with Crippen LogP contribution in [0.3, 0.4) is 0 Å². The number of fused-ring (bicyclic) bond motifs is 1. The third-order valence-electron chi connectivity index (χ3n) is 3.45. The van der Waals surface area contributed by atoms with Gasteiger partial charge in [0.2, 0.25) is 0 Å². The van der Waals surface area contributed by atoms with E-state index >= 15 is 0 Å². The van der Waals surface area contributed by atoms with Crippen molar-refractivity contribution >= 4 is 10.9 Å². The summed E-state index contributed by atoms with van der Waals surface area (Å²) in [5.74, 6) is -0.165. The number of pyridine rings is 1. The molecule has 21 heavy (non-hydrogen) atoms. The first kappa shape index (κ1) is 13.4. The van der Waals surface area contributed by atoms with Crippen molar-refractivity contribution in [1.29, 1.82) is 0 Å². The summed E-state index contributed by atoms with van der Waals surface area (Å²) in [7, 11) is 0. The normalized spacial score (nSPS) is 10.9. The van der Waals surface area contributed by atoms with Gasteiger partial charge in [0.05, 0.1) is 5.52 Å². The van der Waals surface area contributed by atoms with Gasteiger partial charge in [-0.05, 0) is 17.7 Å². The number of nitrogens with one attached hydrogen (secondary N) is 1. The van der Waals surface area contributed by atoms with Crippen LogP contribution < -0.4 is 5.32 Å². The molecule has 0 radical (unpaired) electrons. The third kappa shape index (κ3) is 2.80. The van der Waals surface area contributed by atoms with E-state index in [1.54, 1.807) is 18.3 Å². The first-order valence-electron chi connectivity index (χ1n) is 6.79. The van der Waals surface area contributed by atoms with E-state index < -0.39 is 0 Å². The summed E-state index contributed by atoms with van der Waals surface area (Å²) >= 11 is 0. The van der Waals surface area contributed by atoms with E-state index in [1.165, 1.54) is 6.07 Å². The zero-order chi connectivity index (χ0) is 14.7. The predicted molar refractivity (Wildman–Crippen MR) is 82.1 cm³/mol. The van der Waals surface area contributed by atoms with Crippen molar-refractivity contribution < 1.29 is 10.2 Å². The lowest BCUT2D eigenvalue weighted by atomic mass is 10.1. The van der Waals surface area contributed by atoms with Crippen molar-refractivity contribution in [3.8, 4) is 11.5 Å². The van der Waals surface area contributed by atoms with E-state index in [9.17, 15) is 10.2 Å². The molecule has 0 fully saturated rings. The second-order valence-electron chi connectivity index (χ2n) is 4.88. The fourth-order valence-corrected chi connectivity index (χ4v) is 2.36. The number of aromatic hydroxyl groups is 2. The molecule has 0 spiro atoms. The van der Waals surface area contributed by atoms with Gasteiger partial charge in [-0.15, -0.1) is 0 Å². The van der Waals surface area contributed by atoms with Gasteiger partial charge in [0.15, 0.2) is 11.5 Å². The Kier molecular flexibility index (Phi) is 3.71. The van der Waals surface area contributed by atoms with Gasteiger partial charge in [0.1, 0.15) is 0 Å². The highest BCUT2D eigenvalue weighted by Crippen LogP contribution is 2.28. The second kappa shape index (κ2) is 5.81. The van der Waals surface area contributed by atoms with Crippen LogP contribution in [0.2, 0.25) is 0 Å². The Morgan fingerprint density at radius 1 is 0.857 bits per heavy atom. The van der Waals surface area contributed by atoms with E-state index in [4.69, 9.17) is 0 Å². The zero-order valence-corrected chi connectivity index (χ0v) is 11.5. The van der Waals surface area contributed by atoms with Gasteiger partial charge >= 0.3 is 0 Å². The van der Waals surface area contributed by atoms with Gasteiger partial charge in [-0.3, -0.25) is 4.98 Å². The number of para-hydroxylation sites is 2. The lowest BCUT2D eigenvalue weighted by Gasteiger charge is -2.09. The van der Waals surface area contributed by atoms with Crippen LogP contribution in [0.15, 0.2) is 54.7 Å². The largest absolute Gasteiger partial charge is 0.504 e. The molecule has 0 aliphatic carbocycles. The molecule has 3 rings (SSSR count). The molecule has 1 aromatic heterocycles. The first-order chi connectivity index (χ1) is 10.3. The fraction of sp³-hybridized carbons (Fsp3) is 0.118. The average molecular weight is 280 g/mol. The fourth-order valence-electron chi connectivity index (χ4n) is 2.36. The summed E-state index contributed by atoms with van der Waals surface area (Å²) in [4.78, 5) is 4.41. The number of nitrogens with zero attached hydrogens (tertiary/aromatic N) is 1. The van der Waals surface area contributed by atoms with Gasteiger partial charge in [0.25, 0.3) is 0 Å². The van der Waals surface area contributed by atoms with Crippen LogP contribution in [0.25, 0.3) is 10.9 Å². The highest BCUT2D eigenvalue weighted by molar-refractivity contribution is 5.81. The van der Waals surface area contributed by atoms with Crippen molar-refractivity contribution in [2.45, 2.75) is 13.1 Å². The summed E-state index contributed by atoms with van der Waals surface area (Å²) in [6.07, 6.45) is 1.78. The minimum atomic E-state index is -0.0962. The molecule has 1 heterocycles. The zero-order valence-electron chi connectivity index (χ0n) is 11.5. The van der Waals surface area contributed by atoms with Crippen LogP contribution >= 0.6 is 0 Å². The number of hydrogen-bond acceptors (Lipinski definition) is 4. The van der Waals surface area contributed by atoms with Gasteiger partial charge < -0.3 is 15.5 Å². The molecule has 0 saturated carbocycles. The highest BCUT2D eigenvalue weighted by atomic mass is 16.3. The van der Waals surface area contributed by atoms with Gasteiger partial charge in [0, 0.05) is 30.2 Å². The SMILES string of the molecule is Oc1cccc(CNCc2cccc3cccnc23)c1O. The van der Waals surface area contributed by atoms with E-state index in [2.05, 4.69) is 10.3 Å². The Morgan fingerprint density at radius 3 is 2.48 bits per heavy atom. The molecule has 0 bridgehead atoms. The first-order valence-corrected chi connectivity index (χ1v) is 6.79. The van der Waals surface area contributed by atoms with Crippen LogP contribution in [0.1, 0.15) is 11.1 Å². The molecule has 0 saturated heterocycles. The van der Waals surface area contributed by atoms with Gasteiger partial charge in [-0.1, -0.05) is 36.4 Å². The summed E-state index contributed by atoms with van der Waals surface area (Å²) in [5, 5.41) is 23.6. The third-order valence-corrected chi connectivity index (χ3v) is 3.45. The monoisotopic (exact) mass is 280 g/mol. The molecule has 2 aromatic carbocycles. The average Bonchev–Trinajstić information content (AvgIpc) is 2.52.